The molecule has 0 aliphatic carbocycles. The van der Waals surface area contributed by atoms with Crippen LogP contribution in [0.1, 0.15) is 27.4 Å². The van der Waals surface area contributed by atoms with Crippen molar-refractivity contribution >= 4 is 12.0 Å². The van der Waals surface area contributed by atoms with Crippen molar-refractivity contribution in [3.05, 3.63) is 124 Å². The van der Waals surface area contributed by atoms with Crippen LogP contribution in [0.5, 0.6) is 5.75 Å². The van der Waals surface area contributed by atoms with E-state index in [1.165, 1.54) is 4.90 Å². The maximum absolute atomic E-state index is 14.4. The summed E-state index contributed by atoms with van der Waals surface area (Å²) in [5, 5.41) is 13.4. The van der Waals surface area contributed by atoms with Crippen LogP contribution in [0.3, 0.4) is 0 Å². The molecule has 1 aliphatic rings. The second kappa shape index (κ2) is 12.3. The quantitative estimate of drug-likeness (QED) is 0.265. The van der Waals surface area contributed by atoms with Crippen molar-refractivity contribution in [1.29, 1.82) is 0 Å². The first-order valence-corrected chi connectivity index (χ1v) is 14.3. The number of hydrogen-bond acceptors (Lipinski definition) is 6. The molecule has 224 valence electrons. The number of H-pyrrole nitrogens is 1. The van der Waals surface area contributed by atoms with Gasteiger partial charge >= 0.3 is 11.8 Å². The Morgan fingerprint density at radius 3 is 2.36 bits per heavy atom. The minimum atomic E-state index is -1.01. The zero-order chi connectivity index (χ0) is 30.6. The van der Waals surface area contributed by atoms with Gasteiger partial charge in [-0.1, -0.05) is 65.8 Å². The van der Waals surface area contributed by atoms with Crippen LogP contribution in [0.4, 0.5) is 4.79 Å². The van der Waals surface area contributed by atoms with Crippen molar-refractivity contribution in [3.8, 4) is 22.7 Å². The van der Waals surface area contributed by atoms with Gasteiger partial charge in [-0.05, 0) is 54.8 Å². The van der Waals surface area contributed by atoms with E-state index in [1.54, 1.807) is 17.0 Å². The third kappa shape index (κ3) is 5.98. The predicted molar refractivity (Wildman–Crippen MR) is 162 cm³/mol. The molecule has 1 saturated heterocycles. The number of nitrogens with zero attached hydrogens (tertiary/aromatic N) is 4. The Labute approximate surface area is 252 Å². The Hall–Kier alpha value is -5.58. The lowest BCUT2D eigenvalue weighted by Crippen LogP contribution is -2.57. The monoisotopic (exact) mass is 593 g/mol. The van der Waals surface area contributed by atoms with Gasteiger partial charge in [-0.3, -0.25) is 14.3 Å². The van der Waals surface area contributed by atoms with Crippen LogP contribution in [0.2, 0.25) is 0 Å². The molecule has 11 heteroatoms. The number of hydrogen-bond donors (Lipinski definition) is 2. The van der Waals surface area contributed by atoms with Crippen LogP contribution in [-0.4, -0.2) is 67.3 Å². The molecule has 6 rings (SSSR count). The molecule has 0 saturated carbocycles. The zero-order valence-electron chi connectivity index (χ0n) is 24.1. The lowest BCUT2D eigenvalue weighted by atomic mass is 10.00. The normalized spacial score (nSPS) is 14.9. The van der Waals surface area contributed by atoms with Gasteiger partial charge in [0.1, 0.15) is 12.4 Å². The van der Waals surface area contributed by atoms with Gasteiger partial charge in [0, 0.05) is 31.0 Å². The molecule has 2 amide bonds. The minimum Gasteiger partial charge on any atom is -0.486 e. The summed E-state index contributed by atoms with van der Waals surface area (Å²) in [4.78, 5) is 43.1. The largest absolute Gasteiger partial charge is 0.486 e. The van der Waals surface area contributed by atoms with E-state index in [1.807, 2.05) is 85.8 Å². The Morgan fingerprint density at radius 1 is 1.00 bits per heavy atom. The van der Waals surface area contributed by atoms with Crippen molar-refractivity contribution in [2.75, 3.05) is 19.6 Å². The number of carbonyl (C=O) groups excluding carboxylic acids is 1. The van der Waals surface area contributed by atoms with Gasteiger partial charge in [0.25, 0.3) is 5.91 Å². The number of carbonyl (C=O) groups is 2. The maximum atomic E-state index is 14.4. The van der Waals surface area contributed by atoms with Gasteiger partial charge in [-0.15, -0.1) is 0 Å². The van der Waals surface area contributed by atoms with E-state index in [9.17, 15) is 19.5 Å². The third-order valence-corrected chi connectivity index (χ3v) is 7.75. The van der Waals surface area contributed by atoms with Crippen LogP contribution < -0.4 is 10.5 Å². The number of carboxylic acid groups (broad SMARTS) is 1. The van der Waals surface area contributed by atoms with Crippen molar-refractivity contribution in [2.24, 2.45) is 0 Å². The molecule has 1 fully saturated rings. The number of aromatic nitrogens is 3. The van der Waals surface area contributed by atoms with E-state index in [0.29, 0.717) is 17.7 Å². The summed E-state index contributed by atoms with van der Waals surface area (Å²) in [6.07, 6.45) is -0.557. The molecule has 0 spiro atoms. The maximum Gasteiger partial charge on any atom is 0.439 e. The van der Waals surface area contributed by atoms with E-state index >= 15 is 0 Å². The number of amides is 2. The second-order valence-electron chi connectivity index (χ2n) is 10.6. The average molecular weight is 594 g/mol. The van der Waals surface area contributed by atoms with Crippen LogP contribution in [0.25, 0.3) is 16.9 Å². The Kier molecular flexibility index (Phi) is 8.00. The van der Waals surface area contributed by atoms with Crippen LogP contribution in [-0.2, 0) is 13.0 Å². The summed E-state index contributed by atoms with van der Waals surface area (Å²) in [7, 11) is 0. The van der Waals surface area contributed by atoms with Gasteiger partial charge in [0.15, 0.2) is 5.82 Å². The number of benzene rings is 3. The molecule has 0 unspecified atom stereocenters. The summed E-state index contributed by atoms with van der Waals surface area (Å²) in [6, 6.07) is 28.6. The van der Waals surface area contributed by atoms with Crippen LogP contribution in [0.15, 0.2) is 100 Å². The standard InChI is InChI=1S/C33H31N5O6/c1-22-18-28(30(24-8-4-2-5-9-24)38(22)25-10-6-3-7-11-25)31(39)37-17-16-36(33(41)42)20-26(37)19-23-12-14-27(15-13-23)43-21-29-34-32(40)44-35-29/h2-15,18,26H,16-17,19-21H2,1H3,(H,41,42)(H,34,35,40)/t26-/m1/s1. The number of nitrogens with one attached hydrogen (secondary N) is 1. The Morgan fingerprint density at radius 2 is 1.70 bits per heavy atom. The van der Waals surface area contributed by atoms with Gasteiger partial charge in [-0.2, -0.15) is 0 Å². The van der Waals surface area contributed by atoms with Crippen molar-refractivity contribution < 1.29 is 24.0 Å². The second-order valence-corrected chi connectivity index (χ2v) is 10.6. The molecule has 5 aromatic rings. The molecule has 1 atom stereocenters. The topological polar surface area (TPSA) is 134 Å². The summed E-state index contributed by atoms with van der Waals surface area (Å²) in [5.74, 6) is 0.0452. The summed E-state index contributed by atoms with van der Waals surface area (Å²) in [6.45, 7) is 2.72. The summed E-state index contributed by atoms with van der Waals surface area (Å²) >= 11 is 0. The fourth-order valence-corrected chi connectivity index (χ4v) is 5.69. The van der Waals surface area contributed by atoms with Crippen LogP contribution >= 0.6 is 0 Å². The van der Waals surface area contributed by atoms with E-state index in [0.717, 1.165) is 28.2 Å². The highest BCUT2D eigenvalue weighted by Gasteiger charge is 2.35. The van der Waals surface area contributed by atoms with Gasteiger partial charge in [-0.25, -0.2) is 9.59 Å². The van der Waals surface area contributed by atoms with Crippen molar-refractivity contribution in [1.82, 2.24) is 24.5 Å². The number of ether oxygens (including phenoxy) is 1. The Balaban J connectivity index is 1.29. The van der Waals surface area contributed by atoms with E-state index in [2.05, 4.69) is 19.2 Å². The lowest BCUT2D eigenvalue weighted by Gasteiger charge is -2.40. The van der Waals surface area contributed by atoms with E-state index < -0.39 is 11.8 Å². The molecule has 44 heavy (non-hydrogen) atoms. The van der Waals surface area contributed by atoms with E-state index in [-0.39, 0.29) is 44.0 Å². The Bertz CT molecular complexity index is 1810. The number of aromatic amines is 1. The molecule has 2 aromatic heterocycles. The van der Waals surface area contributed by atoms with Crippen molar-refractivity contribution in [2.45, 2.75) is 26.0 Å². The molecule has 11 nitrogen and oxygen atoms in total. The highest BCUT2D eigenvalue weighted by molar-refractivity contribution is 6.01. The smallest absolute Gasteiger partial charge is 0.439 e. The van der Waals surface area contributed by atoms with E-state index in [4.69, 9.17) is 4.74 Å². The third-order valence-electron chi connectivity index (χ3n) is 7.75. The molecule has 1 aliphatic heterocycles. The number of piperazine rings is 1. The highest BCUT2D eigenvalue weighted by atomic mass is 16.5. The van der Waals surface area contributed by atoms with Crippen LogP contribution in [0, 0.1) is 6.92 Å². The van der Waals surface area contributed by atoms with Gasteiger partial charge in [0.05, 0.1) is 17.3 Å². The highest BCUT2D eigenvalue weighted by Crippen LogP contribution is 2.33. The van der Waals surface area contributed by atoms with Gasteiger partial charge < -0.3 is 24.2 Å². The fraction of sp³-hybridized carbons (Fsp3) is 0.212. The molecule has 3 heterocycles. The summed E-state index contributed by atoms with van der Waals surface area (Å²) in [5.41, 5.74) is 5.08. The first-order valence-electron chi connectivity index (χ1n) is 14.3. The van der Waals surface area contributed by atoms with Gasteiger partial charge in [0.2, 0.25) is 0 Å². The first-order chi connectivity index (χ1) is 21.4. The molecule has 0 radical (unpaired) electrons. The predicted octanol–water partition coefficient (Wildman–Crippen LogP) is 4.76. The lowest BCUT2D eigenvalue weighted by molar-refractivity contribution is 0.0451. The zero-order valence-corrected chi connectivity index (χ0v) is 24.1. The van der Waals surface area contributed by atoms with Crippen molar-refractivity contribution in [3.63, 3.8) is 0 Å². The number of aryl methyl sites for hydroxylation is 1. The fourth-order valence-electron chi connectivity index (χ4n) is 5.69. The minimum absolute atomic E-state index is 0.0371. The molecular weight excluding hydrogens is 562 g/mol. The number of rotatable bonds is 8. The first kappa shape index (κ1) is 28.5. The SMILES string of the molecule is Cc1cc(C(=O)N2CCN(C(=O)O)C[C@H]2Cc2ccc(OCc3noc(=O)[nH]3)cc2)c(-c2ccccc2)n1-c1ccccc1. The molecular formula is C33H31N5O6. The average Bonchev–Trinajstić information content (AvgIpc) is 3.63. The molecule has 3 aromatic carbocycles. The number of para-hydroxylation sites is 1. The molecule has 2 N–H and O–H groups in total. The summed E-state index contributed by atoms with van der Waals surface area (Å²) < 4.78 is 12.3. The molecule has 0 bridgehead atoms.